The molecule has 1 aromatic heterocycles. The zero-order valence-corrected chi connectivity index (χ0v) is 14.3. The molecule has 0 saturated carbocycles. The summed E-state index contributed by atoms with van der Waals surface area (Å²) in [7, 11) is 1.92. The number of halogens is 2. The van der Waals surface area contributed by atoms with Gasteiger partial charge in [0.2, 0.25) is 0 Å². The Hall–Kier alpha value is -0.840. The van der Waals surface area contributed by atoms with Crippen LogP contribution in [-0.4, -0.2) is 9.78 Å². The van der Waals surface area contributed by atoms with Crippen LogP contribution in [0.4, 0.5) is 0 Å². The van der Waals surface area contributed by atoms with Gasteiger partial charge in [-0.05, 0) is 24.5 Å². The highest BCUT2D eigenvalue weighted by Gasteiger charge is 2.18. The molecule has 0 fully saturated rings. The molecular formula is C15H19BrClN3. The molecule has 5 heteroatoms. The fourth-order valence-corrected chi connectivity index (χ4v) is 3.25. The number of nitrogens with zero attached hydrogens (tertiary/aromatic N) is 2. The van der Waals surface area contributed by atoms with Gasteiger partial charge in [-0.15, -0.1) is 0 Å². The van der Waals surface area contributed by atoms with Gasteiger partial charge in [-0.1, -0.05) is 52.7 Å². The van der Waals surface area contributed by atoms with Gasteiger partial charge in [0.25, 0.3) is 0 Å². The lowest BCUT2D eigenvalue weighted by molar-refractivity contribution is 0.636. The molecular weight excluding hydrogens is 338 g/mol. The van der Waals surface area contributed by atoms with Gasteiger partial charge in [-0.25, -0.2) is 0 Å². The van der Waals surface area contributed by atoms with E-state index in [0.29, 0.717) is 6.42 Å². The van der Waals surface area contributed by atoms with Crippen molar-refractivity contribution in [2.45, 2.75) is 32.7 Å². The first-order chi connectivity index (χ1) is 9.45. The van der Waals surface area contributed by atoms with Gasteiger partial charge in [-0.3, -0.25) is 4.68 Å². The number of benzene rings is 1. The van der Waals surface area contributed by atoms with E-state index in [1.165, 1.54) is 5.56 Å². The maximum absolute atomic E-state index is 6.38. The Kier molecular flexibility index (Phi) is 4.89. The Morgan fingerprint density at radius 1 is 1.45 bits per heavy atom. The lowest BCUT2D eigenvalue weighted by atomic mass is 10.0. The number of aromatic nitrogens is 2. The van der Waals surface area contributed by atoms with Crippen molar-refractivity contribution in [2.75, 3.05) is 0 Å². The van der Waals surface area contributed by atoms with Crippen molar-refractivity contribution < 1.29 is 0 Å². The topological polar surface area (TPSA) is 43.8 Å². The van der Waals surface area contributed by atoms with E-state index in [4.69, 9.17) is 17.3 Å². The van der Waals surface area contributed by atoms with Gasteiger partial charge >= 0.3 is 0 Å². The van der Waals surface area contributed by atoms with E-state index >= 15 is 0 Å². The second-order valence-corrected chi connectivity index (χ2v) is 6.14. The lowest BCUT2D eigenvalue weighted by Crippen LogP contribution is -2.16. The molecule has 3 nitrogen and oxygen atoms in total. The Labute approximate surface area is 133 Å². The van der Waals surface area contributed by atoms with E-state index in [1.807, 2.05) is 23.9 Å². The largest absolute Gasteiger partial charge is 0.324 e. The van der Waals surface area contributed by atoms with E-state index in [1.54, 1.807) is 0 Å². The Morgan fingerprint density at radius 2 is 2.15 bits per heavy atom. The van der Waals surface area contributed by atoms with Gasteiger partial charge < -0.3 is 5.73 Å². The monoisotopic (exact) mass is 355 g/mol. The molecule has 0 bridgehead atoms. The Balaban J connectivity index is 2.30. The van der Waals surface area contributed by atoms with Crippen molar-refractivity contribution in [1.29, 1.82) is 0 Å². The minimum atomic E-state index is -0.109. The zero-order valence-electron chi connectivity index (χ0n) is 12.0. The summed E-state index contributed by atoms with van der Waals surface area (Å²) in [6.45, 7) is 4.11. The SMILES string of the molecule is CCc1nn(C)c(CC(N)c2cccc(C)c2Br)c1Cl. The smallest absolute Gasteiger partial charge is 0.0850 e. The molecule has 2 rings (SSSR count). The summed E-state index contributed by atoms with van der Waals surface area (Å²) < 4.78 is 2.91. The average molecular weight is 357 g/mol. The standard InChI is InChI=1S/C15H19BrClN3/c1-4-12-15(17)13(20(3)19-12)8-11(18)10-7-5-6-9(2)14(10)16/h5-7,11H,4,8,18H2,1-3H3. The average Bonchev–Trinajstić information content (AvgIpc) is 2.69. The van der Waals surface area contributed by atoms with Crippen LogP contribution in [0.2, 0.25) is 5.02 Å². The first-order valence-electron chi connectivity index (χ1n) is 6.66. The molecule has 0 amide bonds. The second-order valence-electron chi connectivity index (χ2n) is 4.97. The highest BCUT2D eigenvalue weighted by atomic mass is 79.9. The summed E-state index contributed by atoms with van der Waals surface area (Å²) >= 11 is 10.00. The van der Waals surface area contributed by atoms with Crippen LogP contribution < -0.4 is 5.73 Å². The number of aryl methyl sites for hydroxylation is 3. The molecule has 0 saturated heterocycles. The minimum absolute atomic E-state index is 0.109. The molecule has 1 unspecified atom stereocenters. The Morgan fingerprint density at radius 3 is 2.75 bits per heavy atom. The van der Waals surface area contributed by atoms with Gasteiger partial charge in [0.1, 0.15) is 0 Å². The van der Waals surface area contributed by atoms with E-state index in [-0.39, 0.29) is 6.04 Å². The fraction of sp³-hybridized carbons (Fsp3) is 0.400. The summed E-state index contributed by atoms with van der Waals surface area (Å²) in [5, 5.41) is 5.18. The van der Waals surface area contributed by atoms with Crippen molar-refractivity contribution >= 4 is 27.5 Å². The molecule has 0 aliphatic rings. The predicted octanol–water partition coefficient (Wildman–Crippen LogP) is 3.95. The molecule has 108 valence electrons. The molecule has 0 aliphatic heterocycles. The third kappa shape index (κ3) is 2.92. The lowest BCUT2D eigenvalue weighted by Gasteiger charge is -2.15. The van der Waals surface area contributed by atoms with E-state index in [0.717, 1.165) is 32.9 Å². The first-order valence-corrected chi connectivity index (χ1v) is 7.83. The van der Waals surface area contributed by atoms with Crippen LogP contribution in [0.1, 0.15) is 35.5 Å². The summed E-state index contributed by atoms with van der Waals surface area (Å²) in [5.74, 6) is 0. The van der Waals surface area contributed by atoms with E-state index in [9.17, 15) is 0 Å². The molecule has 0 aliphatic carbocycles. The third-order valence-corrected chi connectivity index (χ3v) is 5.06. The van der Waals surface area contributed by atoms with E-state index < -0.39 is 0 Å². The van der Waals surface area contributed by atoms with Crippen LogP contribution in [-0.2, 0) is 19.9 Å². The summed E-state index contributed by atoms with van der Waals surface area (Å²) in [6.07, 6.45) is 1.50. The first kappa shape index (κ1) is 15.5. The van der Waals surface area contributed by atoms with Crippen LogP contribution in [0.5, 0.6) is 0 Å². The molecule has 20 heavy (non-hydrogen) atoms. The van der Waals surface area contributed by atoms with Gasteiger partial charge in [0.05, 0.1) is 16.4 Å². The van der Waals surface area contributed by atoms with Crippen molar-refractivity contribution in [2.24, 2.45) is 12.8 Å². The van der Waals surface area contributed by atoms with Gasteiger partial charge in [0, 0.05) is 24.0 Å². The van der Waals surface area contributed by atoms with Crippen LogP contribution in [0.25, 0.3) is 0 Å². The third-order valence-electron chi connectivity index (χ3n) is 3.54. The van der Waals surface area contributed by atoms with Crippen LogP contribution >= 0.6 is 27.5 Å². The summed E-state index contributed by atoms with van der Waals surface area (Å²) in [6, 6.07) is 6.03. The maximum atomic E-state index is 6.38. The molecule has 2 N–H and O–H groups in total. The molecule has 2 aromatic rings. The molecule has 1 heterocycles. The number of nitrogens with two attached hydrogens (primary N) is 1. The molecule has 0 radical (unpaired) electrons. The minimum Gasteiger partial charge on any atom is -0.324 e. The molecule has 1 aromatic carbocycles. The highest BCUT2D eigenvalue weighted by molar-refractivity contribution is 9.10. The van der Waals surface area contributed by atoms with Crippen LogP contribution in [0.15, 0.2) is 22.7 Å². The highest BCUT2D eigenvalue weighted by Crippen LogP contribution is 2.30. The normalized spacial score (nSPS) is 12.7. The molecule has 0 spiro atoms. The number of hydrogen-bond donors (Lipinski definition) is 1. The number of rotatable bonds is 4. The number of hydrogen-bond acceptors (Lipinski definition) is 2. The van der Waals surface area contributed by atoms with E-state index in [2.05, 4.69) is 40.9 Å². The quantitative estimate of drug-likeness (QED) is 0.901. The van der Waals surface area contributed by atoms with Gasteiger partial charge in [0.15, 0.2) is 0 Å². The zero-order chi connectivity index (χ0) is 14.9. The van der Waals surface area contributed by atoms with Crippen molar-refractivity contribution in [1.82, 2.24) is 9.78 Å². The maximum Gasteiger partial charge on any atom is 0.0850 e. The predicted molar refractivity (Wildman–Crippen MR) is 87.1 cm³/mol. The van der Waals surface area contributed by atoms with Crippen LogP contribution in [0.3, 0.4) is 0 Å². The van der Waals surface area contributed by atoms with Crippen LogP contribution in [0, 0.1) is 6.92 Å². The second kappa shape index (κ2) is 6.29. The molecule has 1 atom stereocenters. The van der Waals surface area contributed by atoms with Crippen molar-refractivity contribution in [3.8, 4) is 0 Å². The summed E-state index contributed by atoms with van der Waals surface area (Å²) in [4.78, 5) is 0. The Bertz CT molecular complexity index is 622. The summed E-state index contributed by atoms with van der Waals surface area (Å²) in [5.41, 5.74) is 10.6. The fourth-order valence-electron chi connectivity index (χ4n) is 2.32. The van der Waals surface area contributed by atoms with Crippen molar-refractivity contribution in [3.63, 3.8) is 0 Å². The van der Waals surface area contributed by atoms with Crippen molar-refractivity contribution in [3.05, 3.63) is 50.2 Å². The van der Waals surface area contributed by atoms with Gasteiger partial charge in [-0.2, -0.15) is 5.10 Å².